The van der Waals surface area contributed by atoms with E-state index < -0.39 is 4.92 Å². The summed E-state index contributed by atoms with van der Waals surface area (Å²) in [5.74, 6) is 1.23. The Kier molecular flexibility index (Phi) is 6.57. The minimum atomic E-state index is -0.455. The Labute approximate surface area is 188 Å². The van der Waals surface area contributed by atoms with Gasteiger partial charge in [-0.15, -0.1) is 0 Å². The molecule has 0 atom stereocenters. The van der Waals surface area contributed by atoms with Crippen LogP contribution in [0.15, 0.2) is 71.8 Å². The molecule has 3 aromatic carbocycles. The van der Waals surface area contributed by atoms with Crippen molar-refractivity contribution in [1.29, 1.82) is 0 Å². The predicted molar refractivity (Wildman–Crippen MR) is 126 cm³/mol. The van der Waals surface area contributed by atoms with Crippen molar-refractivity contribution >= 4 is 38.6 Å². The molecule has 0 aliphatic carbocycles. The molecule has 32 heavy (non-hydrogen) atoms. The molecule has 0 aliphatic rings. The fraction of sp³-hybridized carbons (Fsp3) is 0.130. The van der Waals surface area contributed by atoms with Crippen LogP contribution < -0.4 is 14.9 Å². The Morgan fingerprint density at radius 1 is 1.09 bits per heavy atom. The summed E-state index contributed by atoms with van der Waals surface area (Å²) in [5.41, 5.74) is 5.30. The average molecular weight is 449 g/mol. The highest BCUT2D eigenvalue weighted by Crippen LogP contribution is 2.26. The van der Waals surface area contributed by atoms with Crippen molar-refractivity contribution in [2.75, 3.05) is 18.6 Å². The topological polar surface area (TPSA) is 98.9 Å². The molecular weight excluding hydrogens is 428 g/mol. The third kappa shape index (κ3) is 5.38. The number of ether oxygens (including phenoxy) is 2. The van der Waals surface area contributed by atoms with E-state index in [1.807, 2.05) is 55.5 Å². The number of aromatic nitrogens is 1. The number of benzene rings is 3. The first-order valence-corrected chi connectivity index (χ1v) is 10.7. The molecule has 4 aromatic rings. The number of aryl methyl sites for hydroxylation is 1. The van der Waals surface area contributed by atoms with E-state index in [0.717, 1.165) is 21.5 Å². The summed E-state index contributed by atoms with van der Waals surface area (Å²) in [5, 5.41) is 16.0. The fourth-order valence-electron chi connectivity index (χ4n) is 2.98. The number of hydrogen-bond donors (Lipinski definition) is 1. The van der Waals surface area contributed by atoms with Gasteiger partial charge in [-0.2, -0.15) is 5.10 Å². The van der Waals surface area contributed by atoms with Crippen LogP contribution in [0.4, 0.5) is 10.8 Å². The number of nitrogens with zero attached hydrogens (tertiary/aromatic N) is 3. The first kappa shape index (κ1) is 21.3. The number of fused-ring (bicyclic) bond motifs is 1. The summed E-state index contributed by atoms with van der Waals surface area (Å²) in [4.78, 5) is 15.2. The van der Waals surface area contributed by atoms with Crippen molar-refractivity contribution in [3.63, 3.8) is 0 Å². The van der Waals surface area contributed by atoms with Crippen LogP contribution in [0.3, 0.4) is 0 Å². The number of nitro benzene ring substituents is 1. The summed E-state index contributed by atoms with van der Waals surface area (Å²) in [6.45, 7) is 2.60. The lowest BCUT2D eigenvalue weighted by Gasteiger charge is -2.10. The summed E-state index contributed by atoms with van der Waals surface area (Å²) in [6.07, 6.45) is 1.48. The van der Waals surface area contributed by atoms with Gasteiger partial charge < -0.3 is 9.47 Å². The maximum absolute atomic E-state index is 11.2. The van der Waals surface area contributed by atoms with Crippen LogP contribution in [-0.2, 0) is 0 Å². The molecule has 8 nitrogen and oxygen atoms in total. The lowest BCUT2D eigenvalue weighted by atomic mass is 10.2. The number of nitrogens with one attached hydrogen (secondary N) is 1. The molecule has 162 valence electrons. The maximum atomic E-state index is 11.2. The number of anilines is 1. The normalized spacial score (nSPS) is 11.0. The van der Waals surface area contributed by atoms with Gasteiger partial charge in [0.25, 0.3) is 5.69 Å². The Hall–Kier alpha value is -3.98. The number of para-hydroxylation sites is 1. The Morgan fingerprint density at radius 3 is 2.75 bits per heavy atom. The van der Waals surface area contributed by atoms with Crippen LogP contribution in [0.25, 0.3) is 10.2 Å². The minimum Gasteiger partial charge on any atom is -0.490 e. The first-order chi connectivity index (χ1) is 15.6. The van der Waals surface area contributed by atoms with Crippen molar-refractivity contribution < 1.29 is 14.4 Å². The number of thiazole rings is 1. The van der Waals surface area contributed by atoms with Gasteiger partial charge in [-0.05, 0) is 42.8 Å². The third-order valence-corrected chi connectivity index (χ3v) is 5.40. The smallest absolute Gasteiger partial charge is 0.270 e. The van der Waals surface area contributed by atoms with Crippen LogP contribution in [0.5, 0.6) is 11.5 Å². The minimum absolute atomic E-state index is 0.0465. The monoisotopic (exact) mass is 448 g/mol. The second-order valence-electron chi connectivity index (χ2n) is 6.85. The van der Waals surface area contributed by atoms with Gasteiger partial charge in [0, 0.05) is 17.7 Å². The second kappa shape index (κ2) is 9.88. The van der Waals surface area contributed by atoms with Crippen LogP contribution in [0.2, 0.25) is 0 Å². The van der Waals surface area contributed by atoms with Gasteiger partial charge in [-0.25, -0.2) is 4.98 Å². The molecule has 1 heterocycles. The molecule has 1 N–H and O–H groups in total. The van der Waals surface area contributed by atoms with Crippen molar-refractivity contribution in [3.05, 3.63) is 88.0 Å². The molecule has 0 unspecified atom stereocenters. The molecule has 4 rings (SSSR count). The summed E-state index contributed by atoms with van der Waals surface area (Å²) in [6, 6.07) is 19.9. The zero-order valence-corrected chi connectivity index (χ0v) is 18.0. The van der Waals surface area contributed by atoms with E-state index in [4.69, 9.17) is 9.47 Å². The molecule has 1 aromatic heterocycles. The molecule has 0 saturated heterocycles. The van der Waals surface area contributed by atoms with Crippen molar-refractivity contribution in [2.24, 2.45) is 5.10 Å². The van der Waals surface area contributed by atoms with Gasteiger partial charge >= 0.3 is 0 Å². The predicted octanol–water partition coefficient (Wildman–Crippen LogP) is 5.42. The molecule has 0 amide bonds. The largest absolute Gasteiger partial charge is 0.490 e. The Balaban J connectivity index is 1.42. The van der Waals surface area contributed by atoms with Gasteiger partial charge in [0.15, 0.2) is 0 Å². The number of rotatable bonds is 9. The highest BCUT2D eigenvalue weighted by atomic mass is 32.1. The van der Waals surface area contributed by atoms with E-state index in [2.05, 4.69) is 15.5 Å². The SMILES string of the molecule is Cc1cccc(OCCOc2ccc([N+](=O)[O-])cc2/C=N\Nc2nc3ccccc3s2)c1. The van der Waals surface area contributed by atoms with Crippen molar-refractivity contribution in [2.45, 2.75) is 6.92 Å². The highest BCUT2D eigenvalue weighted by molar-refractivity contribution is 7.22. The number of non-ortho nitro benzene ring substituents is 1. The molecule has 0 spiro atoms. The molecule has 0 aliphatic heterocycles. The van der Waals surface area contributed by atoms with E-state index in [1.165, 1.54) is 29.7 Å². The fourth-order valence-corrected chi connectivity index (χ4v) is 3.79. The molecule has 9 heteroatoms. The number of hydrogen-bond acceptors (Lipinski definition) is 8. The van der Waals surface area contributed by atoms with Crippen LogP contribution in [-0.4, -0.2) is 29.3 Å². The van der Waals surface area contributed by atoms with Gasteiger partial charge in [0.1, 0.15) is 24.7 Å². The maximum Gasteiger partial charge on any atom is 0.270 e. The highest BCUT2D eigenvalue weighted by Gasteiger charge is 2.11. The molecule has 0 saturated carbocycles. The van der Waals surface area contributed by atoms with Crippen LogP contribution >= 0.6 is 11.3 Å². The van der Waals surface area contributed by atoms with Crippen LogP contribution in [0, 0.1) is 17.0 Å². The zero-order valence-electron chi connectivity index (χ0n) is 17.2. The second-order valence-corrected chi connectivity index (χ2v) is 7.88. The lowest BCUT2D eigenvalue weighted by Crippen LogP contribution is -2.10. The Bertz CT molecular complexity index is 1240. The van der Waals surface area contributed by atoms with E-state index in [0.29, 0.717) is 23.1 Å². The van der Waals surface area contributed by atoms with Gasteiger partial charge in [0.05, 0.1) is 21.4 Å². The average Bonchev–Trinajstić information content (AvgIpc) is 3.20. The quantitative estimate of drug-likeness (QED) is 0.159. The molecule has 0 radical (unpaired) electrons. The summed E-state index contributed by atoms with van der Waals surface area (Å²) < 4.78 is 12.5. The van der Waals surface area contributed by atoms with E-state index >= 15 is 0 Å². The molecule has 0 bridgehead atoms. The van der Waals surface area contributed by atoms with Gasteiger partial charge in [-0.3, -0.25) is 15.5 Å². The summed E-state index contributed by atoms with van der Waals surface area (Å²) in [7, 11) is 0. The standard InChI is InChI=1S/C23H20N4O4S/c1-16-5-4-6-19(13-16)30-11-12-31-21-10-9-18(27(28)29)14-17(21)15-24-26-23-25-20-7-2-3-8-22(20)32-23/h2-10,13-15H,11-12H2,1H3,(H,25,26)/b24-15-. The van der Waals surface area contributed by atoms with Gasteiger partial charge in [-0.1, -0.05) is 35.6 Å². The summed E-state index contributed by atoms with van der Waals surface area (Å²) >= 11 is 1.47. The van der Waals surface area contributed by atoms with Crippen molar-refractivity contribution in [1.82, 2.24) is 4.98 Å². The van der Waals surface area contributed by atoms with E-state index in [1.54, 1.807) is 6.07 Å². The van der Waals surface area contributed by atoms with Crippen LogP contribution in [0.1, 0.15) is 11.1 Å². The van der Waals surface area contributed by atoms with Gasteiger partial charge in [0.2, 0.25) is 5.13 Å². The van der Waals surface area contributed by atoms with Crippen molar-refractivity contribution in [3.8, 4) is 11.5 Å². The van der Waals surface area contributed by atoms with E-state index in [9.17, 15) is 10.1 Å². The third-order valence-electron chi connectivity index (χ3n) is 4.46. The molecule has 0 fully saturated rings. The number of nitro groups is 1. The zero-order chi connectivity index (χ0) is 22.3. The molecular formula is C23H20N4O4S. The Morgan fingerprint density at radius 2 is 1.94 bits per heavy atom. The first-order valence-electron chi connectivity index (χ1n) is 9.84. The lowest BCUT2D eigenvalue weighted by molar-refractivity contribution is -0.384. The number of hydrazone groups is 1. The van der Waals surface area contributed by atoms with E-state index in [-0.39, 0.29) is 12.3 Å².